The highest BCUT2D eigenvalue weighted by Gasteiger charge is 2.41. The van der Waals surface area contributed by atoms with Gasteiger partial charge in [0.2, 0.25) is 0 Å². The molecule has 1 unspecified atom stereocenters. The van der Waals surface area contributed by atoms with Gasteiger partial charge in [-0.3, -0.25) is 0 Å². The van der Waals surface area contributed by atoms with Gasteiger partial charge in [-0.05, 0) is 37.5 Å². The van der Waals surface area contributed by atoms with Crippen LogP contribution in [0.1, 0.15) is 53.4 Å². The monoisotopic (exact) mass is 183 g/mol. The van der Waals surface area contributed by atoms with Crippen molar-refractivity contribution in [2.75, 3.05) is 6.54 Å². The van der Waals surface area contributed by atoms with Gasteiger partial charge in [0, 0.05) is 12.6 Å². The Balaban J connectivity index is 2.18. The predicted molar refractivity (Wildman–Crippen MR) is 58.9 cm³/mol. The van der Waals surface area contributed by atoms with Gasteiger partial charge in [0.05, 0.1) is 0 Å². The molecule has 1 heteroatoms. The molecule has 0 aromatic rings. The molecule has 1 aliphatic rings. The van der Waals surface area contributed by atoms with E-state index in [4.69, 9.17) is 0 Å². The Bertz CT molecular complexity index is 147. The number of hydrogen-bond donors (Lipinski definition) is 1. The van der Waals surface area contributed by atoms with Crippen molar-refractivity contribution < 1.29 is 0 Å². The van der Waals surface area contributed by atoms with Crippen LogP contribution in [0.25, 0.3) is 0 Å². The second-order valence-electron chi connectivity index (χ2n) is 5.16. The number of nitrogens with one attached hydrogen (secondary N) is 1. The summed E-state index contributed by atoms with van der Waals surface area (Å²) >= 11 is 0. The zero-order chi connectivity index (χ0) is 9.90. The molecule has 1 atom stereocenters. The van der Waals surface area contributed by atoms with Crippen molar-refractivity contribution in [3.8, 4) is 0 Å². The van der Waals surface area contributed by atoms with Crippen LogP contribution in [0.5, 0.6) is 0 Å². The SMILES string of the molecule is CCCC1(CNC(C)C(C)C)CC1. The first-order chi connectivity index (χ1) is 6.09. The van der Waals surface area contributed by atoms with Crippen LogP contribution in [0.4, 0.5) is 0 Å². The van der Waals surface area contributed by atoms with Crippen molar-refractivity contribution in [2.45, 2.75) is 59.4 Å². The van der Waals surface area contributed by atoms with Crippen LogP contribution in [0.2, 0.25) is 0 Å². The Hall–Kier alpha value is -0.0400. The van der Waals surface area contributed by atoms with E-state index >= 15 is 0 Å². The maximum Gasteiger partial charge on any atom is 0.00619 e. The summed E-state index contributed by atoms with van der Waals surface area (Å²) in [5.41, 5.74) is 0.706. The van der Waals surface area contributed by atoms with Gasteiger partial charge in [-0.15, -0.1) is 0 Å². The van der Waals surface area contributed by atoms with Crippen LogP contribution in [0.3, 0.4) is 0 Å². The lowest BCUT2D eigenvalue weighted by Gasteiger charge is -2.22. The molecule has 0 amide bonds. The predicted octanol–water partition coefficient (Wildman–Crippen LogP) is 3.20. The molecule has 0 bridgehead atoms. The molecule has 1 rings (SSSR count). The van der Waals surface area contributed by atoms with Crippen molar-refractivity contribution >= 4 is 0 Å². The molecule has 0 heterocycles. The van der Waals surface area contributed by atoms with E-state index in [9.17, 15) is 0 Å². The van der Waals surface area contributed by atoms with Crippen LogP contribution in [-0.4, -0.2) is 12.6 Å². The van der Waals surface area contributed by atoms with E-state index < -0.39 is 0 Å². The lowest BCUT2D eigenvalue weighted by Crippen LogP contribution is -2.35. The van der Waals surface area contributed by atoms with Gasteiger partial charge in [0.1, 0.15) is 0 Å². The maximum atomic E-state index is 3.67. The smallest absolute Gasteiger partial charge is 0.00619 e. The van der Waals surface area contributed by atoms with E-state index in [0.29, 0.717) is 11.5 Å². The molecule has 0 radical (unpaired) electrons. The van der Waals surface area contributed by atoms with Crippen LogP contribution in [0.15, 0.2) is 0 Å². The highest BCUT2D eigenvalue weighted by molar-refractivity contribution is 4.94. The van der Waals surface area contributed by atoms with E-state index in [1.165, 1.54) is 32.2 Å². The summed E-state index contributed by atoms with van der Waals surface area (Å²) in [4.78, 5) is 0. The Labute approximate surface area is 83.3 Å². The molecule has 1 N–H and O–H groups in total. The molecule has 1 saturated carbocycles. The average molecular weight is 183 g/mol. The minimum atomic E-state index is 0.675. The van der Waals surface area contributed by atoms with Crippen molar-refractivity contribution in [1.82, 2.24) is 5.32 Å². The van der Waals surface area contributed by atoms with E-state index in [2.05, 4.69) is 33.0 Å². The van der Waals surface area contributed by atoms with Crippen molar-refractivity contribution in [2.24, 2.45) is 11.3 Å². The first-order valence-electron chi connectivity index (χ1n) is 5.83. The molecule has 13 heavy (non-hydrogen) atoms. The second kappa shape index (κ2) is 4.45. The summed E-state index contributed by atoms with van der Waals surface area (Å²) in [7, 11) is 0. The summed E-state index contributed by atoms with van der Waals surface area (Å²) in [6.07, 6.45) is 5.68. The molecular weight excluding hydrogens is 158 g/mol. The zero-order valence-electron chi connectivity index (χ0n) is 9.69. The van der Waals surface area contributed by atoms with E-state index in [1.807, 2.05) is 0 Å². The standard InChI is InChI=1S/C12H25N/c1-5-6-12(7-8-12)9-13-11(4)10(2)3/h10-11,13H,5-9H2,1-4H3. The third-order valence-corrected chi connectivity index (χ3v) is 3.54. The van der Waals surface area contributed by atoms with Crippen LogP contribution in [0, 0.1) is 11.3 Å². The normalized spacial score (nSPS) is 21.9. The second-order valence-corrected chi connectivity index (χ2v) is 5.16. The molecule has 1 nitrogen and oxygen atoms in total. The molecule has 0 spiro atoms. The van der Waals surface area contributed by atoms with Gasteiger partial charge in [-0.1, -0.05) is 27.2 Å². The van der Waals surface area contributed by atoms with Crippen LogP contribution < -0.4 is 5.32 Å². The Kier molecular flexibility index (Phi) is 3.78. The first kappa shape index (κ1) is 11.0. The minimum Gasteiger partial charge on any atom is -0.313 e. The highest BCUT2D eigenvalue weighted by Crippen LogP contribution is 2.49. The summed E-state index contributed by atoms with van der Waals surface area (Å²) in [6.45, 7) is 10.4. The summed E-state index contributed by atoms with van der Waals surface area (Å²) in [5, 5.41) is 3.67. The van der Waals surface area contributed by atoms with Crippen molar-refractivity contribution in [3.63, 3.8) is 0 Å². The summed E-state index contributed by atoms with van der Waals surface area (Å²) < 4.78 is 0. The van der Waals surface area contributed by atoms with Gasteiger partial charge in [-0.25, -0.2) is 0 Å². The molecule has 78 valence electrons. The summed E-state index contributed by atoms with van der Waals surface area (Å²) in [5.74, 6) is 0.762. The maximum absolute atomic E-state index is 3.67. The van der Waals surface area contributed by atoms with Gasteiger partial charge < -0.3 is 5.32 Å². The number of rotatable bonds is 6. The van der Waals surface area contributed by atoms with Crippen LogP contribution >= 0.6 is 0 Å². The van der Waals surface area contributed by atoms with Gasteiger partial charge >= 0.3 is 0 Å². The molecular formula is C12H25N. The van der Waals surface area contributed by atoms with E-state index in [1.54, 1.807) is 0 Å². The lowest BCUT2D eigenvalue weighted by atomic mass is 9.99. The topological polar surface area (TPSA) is 12.0 Å². The average Bonchev–Trinajstić information content (AvgIpc) is 2.82. The molecule has 0 aliphatic heterocycles. The molecule has 0 saturated heterocycles. The Morgan fingerprint density at radius 2 is 1.85 bits per heavy atom. The van der Waals surface area contributed by atoms with Crippen molar-refractivity contribution in [1.29, 1.82) is 0 Å². The third-order valence-electron chi connectivity index (χ3n) is 3.54. The molecule has 1 fully saturated rings. The zero-order valence-corrected chi connectivity index (χ0v) is 9.69. The molecule has 0 aromatic carbocycles. The van der Waals surface area contributed by atoms with E-state index in [0.717, 1.165) is 5.92 Å². The summed E-state index contributed by atoms with van der Waals surface area (Å²) in [6, 6.07) is 0.675. The van der Waals surface area contributed by atoms with Crippen molar-refractivity contribution in [3.05, 3.63) is 0 Å². The first-order valence-corrected chi connectivity index (χ1v) is 5.83. The Morgan fingerprint density at radius 1 is 1.23 bits per heavy atom. The molecule has 0 aromatic heterocycles. The van der Waals surface area contributed by atoms with Gasteiger partial charge in [0.25, 0.3) is 0 Å². The van der Waals surface area contributed by atoms with Gasteiger partial charge in [0.15, 0.2) is 0 Å². The fourth-order valence-corrected chi connectivity index (χ4v) is 1.84. The lowest BCUT2D eigenvalue weighted by molar-refractivity contribution is 0.353. The van der Waals surface area contributed by atoms with E-state index in [-0.39, 0.29) is 0 Å². The fourth-order valence-electron chi connectivity index (χ4n) is 1.84. The quantitative estimate of drug-likeness (QED) is 0.667. The third kappa shape index (κ3) is 3.30. The Morgan fingerprint density at radius 3 is 2.23 bits per heavy atom. The number of hydrogen-bond acceptors (Lipinski definition) is 1. The minimum absolute atomic E-state index is 0.675. The highest BCUT2D eigenvalue weighted by atomic mass is 14.9. The molecule has 1 aliphatic carbocycles. The van der Waals surface area contributed by atoms with Crippen LogP contribution in [-0.2, 0) is 0 Å². The largest absolute Gasteiger partial charge is 0.313 e. The van der Waals surface area contributed by atoms with Gasteiger partial charge in [-0.2, -0.15) is 0 Å². The fraction of sp³-hybridized carbons (Fsp3) is 1.00.